The molecule has 0 aliphatic carbocycles. The lowest BCUT2D eigenvalue weighted by molar-refractivity contribution is 0.0971. The first-order valence-corrected chi connectivity index (χ1v) is 7.29. The molecule has 124 valence electrons. The van der Waals surface area contributed by atoms with Gasteiger partial charge in [-0.3, -0.25) is 9.59 Å². The molecule has 2 aromatic carbocycles. The van der Waals surface area contributed by atoms with Gasteiger partial charge in [0.05, 0.1) is 0 Å². The highest BCUT2D eigenvalue weighted by atomic mass is 35.5. The number of benzene rings is 2. The molecule has 3 nitrogen and oxygen atoms in total. The topological polar surface area (TPSA) is 37.4 Å². The molecule has 0 spiro atoms. The number of halogens is 1. The summed E-state index contributed by atoms with van der Waals surface area (Å²) in [6.07, 6.45) is 0.594. The van der Waals surface area contributed by atoms with Gasteiger partial charge >= 0.3 is 0 Å². The lowest BCUT2D eigenvalue weighted by atomic mass is 10.1. The van der Waals surface area contributed by atoms with E-state index in [-0.39, 0.29) is 24.0 Å². The minimum atomic E-state index is 0. The molecule has 0 aliphatic heterocycles. The number of nitrogens with zero attached hydrogens (tertiary/aromatic N) is 1. The van der Waals surface area contributed by atoms with Crippen LogP contribution in [0, 0.1) is 0 Å². The van der Waals surface area contributed by atoms with Crippen LogP contribution in [0.3, 0.4) is 0 Å². The van der Waals surface area contributed by atoms with Crippen molar-refractivity contribution in [1.29, 1.82) is 0 Å². The van der Waals surface area contributed by atoms with E-state index in [1.165, 1.54) is 0 Å². The molecule has 2 rings (SSSR count). The Kier molecular flexibility index (Phi) is 10.6. The highest BCUT2D eigenvalue weighted by Gasteiger charge is 2.04. The molecule has 0 aliphatic rings. The molecule has 0 radical (unpaired) electrons. The van der Waals surface area contributed by atoms with Crippen molar-refractivity contribution in [2.45, 2.75) is 13.3 Å². The molecule has 23 heavy (non-hydrogen) atoms. The Balaban J connectivity index is 0.000000427. The molecule has 0 fully saturated rings. The highest BCUT2D eigenvalue weighted by Crippen LogP contribution is 2.02. The molecular weight excluding hydrogens is 310 g/mol. The summed E-state index contributed by atoms with van der Waals surface area (Å²) in [4.78, 5) is 24.2. The average Bonchev–Trinajstić information content (AvgIpc) is 2.55. The Labute approximate surface area is 144 Å². The zero-order valence-electron chi connectivity index (χ0n) is 13.9. The van der Waals surface area contributed by atoms with Crippen molar-refractivity contribution >= 4 is 24.0 Å². The van der Waals surface area contributed by atoms with E-state index in [2.05, 4.69) is 0 Å². The van der Waals surface area contributed by atoms with E-state index in [4.69, 9.17) is 0 Å². The van der Waals surface area contributed by atoms with Gasteiger partial charge in [0.2, 0.25) is 0 Å². The van der Waals surface area contributed by atoms with Gasteiger partial charge in [0.25, 0.3) is 0 Å². The van der Waals surface area contributed by atoms with E-state index >= 15 is 0 Å². The number of ketones is 2. The monoisotopic (exact) mass is 333 g/mol. The number of carbonyl (C=O) groups excluding carboxylic acids is 2. The normalized spacial score (nSPS) is 9.39. The van der Waals surface area contributed by atoms with Gasteiger partial charge in [-0.2, -0.15) is 0 Å². The summed E-state index contributed by atoms with van der Waals surface area (Å²) < 4.78 is 0. The van der Waals surface area contributed by atoms with E-state index in [0.29, 0.717) is 6.42 Å². The van der Waals surface area contributed by atoms with Gasteiger partial charge in [0.1, 0.15) is 0 Å². The minimum Gasteiger partial charge on any atom is -0.309 e. The van der Waals surface area contributed by atoms with Crippen LogP contribution in [0.25, 0.3) is 0 Å². The van der Waals surface area contributed by atoms with Gasteiger partial charge in [-0.1, -0.05) is 60.7 Å². The first-order valence-electron chi connectivity index (χ1n) is 7.29. The van der Waals surface area contributed by atoms with Gasteiger partial charge in [-0.25, -0.2) is 0 Å². The molecule has 0 saturated heterocycles. The summed E-state index contributed by atoms with van der Waals surface area (Å²) in [5.41, 5.74) is 1.59. The predicted octanol–water partition coefficient (Wildman–Crippen LogP) is 4.13. The van der Waals surface area contributed by atoms with E-state index in [0.717, 1.165) is 17.7 Å². The number of Topliss-reactive ketones (excluding diaryl/α,β-unsaturated/α-hetero) is 2. The third-order valence-corrected chi connectivity index (χ3v) is 3.06. The summed E-state index contributed by atoms with van der Waals surface area (Å²) in [5.74, 6) is 0.338. The first-order chi connectivity index (χ1) is 10.5. The van der Waals surface area contributed by atoms with Crippen LogP contribution in [0.2, 0.25) is 0 Å². The standard InChI is InChI=1S/C11H15NO.C8H8O.ClH/c1-12(2)9-8-11(13)10-6-4-3-5-7-10;1-7(9)8-5-3-2-4-6-8;/h3-7H,8-9H2,1-2H3;2-6H,1H3;1H. The van der Waals surface area contributed by atoms with Gasteiger partial charge in [0.15, 0.2) is 11.6 Å². The number of hydrogen-bond acceptors (Lipinski definition) is 3. The highest BCUT2D eigenvalue weighted by molar-refractivity contribution is 5.96. The van der Waals surface area contributed by atoms with Gasteiger partial charge in [-0.05, 0) is 21.0 Å². The quantitative estimate of drug-likeness (QED) is 0.772. The Bertz CT molecular complexity index is 583. The molecule has 0 heterocycles. The lowest BCUT2D eigenvalue weighted by Gasteiger charge is -2.07. The van der Waals surface area contributed by atoms with Crippen LogP contribution < -0.4 is 0 Å². The van der Waals surface area contributed by atoms with Crippen molar-refractivity contribution in [3.63, 3.8) is 0 Å². The zero-order valence-corrected chi connectivity index (χ0v) is 14.7. The average molecular weight is 334 g/mol. The maximum absolute atomic E-state index is 11.5. The van der Waals surface area contributed by atoms with Gasteiger partial charge in [0, 0.05) is 24.1 Å². The molecule has 2 aromatic rings. The summed E-state index contributed by atoms with van der Waals surface area (Å²) in [6, 6.07) is 18.6. The molecule has 0 amide bonds. The van der Waals surface area contributed by atoms with Crippen molar-refractivity contribution in [2.75, 3.05) is 20.6 Å². The van der Waals surface area contributed by atoms with E-state index in [1.54, 1.807) is 6.92 Å². The molecule has 0 bridgehead atoms. The van der Waals surface area contributed by atoms with Crippen LogP contribution in [0.1, 0.15) is 34.1 Å². The number of hydrogen-bond donors (Lipinski definition) is 0. The fourth-order valence-electron chi connectivity index (χ4n) is 1.77. The third-order valence-electron chi connectivity index (χ3n) is 3.06. The molecule has 0 saturated carbocycles. The van der Waals surface area contributed by atoms with E-state index < -0.39 is 0 Å². The van der Waals surface area contributed by atoms with Crippen molar-refractivity contribution in [3.05, 3.63) is 71.8 Å². The van der Waals surface area contributed by atoms with Crippen molar-refractivity contribution < 1.29 is 9.59 Å². The van der Waals surface area contributed by atoms with Crippen LogP contribution in [0.5, 0.6) is 0 Å². The van der Waals surface area contributed by atoms with Crippen molar-refractivity contribution in [2.24, 2.45) is 0 Å². The predicted molar refractivity (Wildman–Crippen MR) is 97.6 cm³/mol. The second-order valence-electron chi connectivity index (χ2n) is 5.26. The Morgan fingerprint density at radius 1 is 0.826 bits per heavy atom. The molecule has 4 heteroatoms. The van der Waals surface area contributed by atoms with Crippen LogP contribution >= 0.6 is 12.4 Å². The van der Waals surface area contributed by atoms with Crippen LogP contribution in [0.15, 0.2) is 60.7 Å². The largest absolute Gasteiger partial charge is 0.309 e. The second kappa shape index (κ2) is 11.6. The van der Waals surface area contributed by atoms with Crippen molar-refractivity contribution in [3.8, 4) is 0 Å². The Morgan fingerprint density at radius 2 is 1.26 bits per heavy atom. The maximum atomic E-state index is 11.5. The second-order valence-corrected chi connectivity index (χ2v) is 5.26. The maximum Gasteiger partial charge on any atom is 0.164 e. The smallest absolute Gasteiger partial charge is 0.164 e. The number of rotatable bonds is 5. The molecule has 0 unspecified atom stereocenters. The first kappa shape index (κ1) is 21.0. The number of carbonyl (C=O) groups is 2. The Hall–Kier alpha value is -1.97. The van der Waals surface area contributed by atoms with Gasteiger partial charge in [-0.15, -0.1) is 12.4 Å². The van der Waals surface area contributed by atoms with E-state index in [1.807, 2.05) is 79.7 Å². The molecule has 0 atom stereocenters. The van der Waals surface area contributed by atoms with Crippen LogP contribution in [-0.4, -0.2) is 37.1 Å². The summed E-state index contributed by atoms with van der Waals surface area (Å²) in [6.45, 7) is 2.38. The molecular formula is C19H24ClNO2. The Morgan fingerprint density at radius 3 is 1.61 bits per heavy atom. The third kappa shape index (κ3) is 8.91. The van der Waals surface area contributed by atoms with E-state index in [9.17, 15) is 9.59 Å². The molecule has 0 N–H and O–H groups in total. The van der Waals surface area contributed by atoms with Crippen LogP contribution in [0.4, 0.5) is 0 Å². The fourth-order valence-corrected chi connectivity index (χ4v) is 1.77. The molecule has 0 aromatic heterocycles. The minimum absolute atomic E-state index is 0. The SMILES string of the molecule is CC(=O)c1ccccc1.CN(C)CCC(=O)c1ccccc1.Cl. The van der Waals surface area contributed by atoms with Crippen LogP contribution in [-0.2, 0) is 0 Å². The van der Waals surface area contributed by atoms with Gasteiger partial charge < -0.3 is 4.90 Å². The summed E-state index contributed by atoms with van der Waals surface area (Å²) in [5, 5.41) is 0. The zero-order chi connectivity index (χ0) is 16.4. The van der Waals surface area contributed by atoms with Crippen molar-refractivity contribution in [1.82, 2.24) is 4.90 Å². The lowest BCUT2D eigenvalue weighted by Crippen LogP contribution is -2.16. The fraction of sp³-hybridized carbons (Fsp3) is 0.263. The summed E-state index contributed by atoms with van der Waals surface area (Å²) in [7, 11) is 3.94. The summed E-state index contributed by atoms with van der Waals surface area (Å²) >= 11 is 0.